The first-order valence-corrected chi connectivity index (χ1v) is 12.7. The molecular formula is C32H32N2. The van der Waals surface area contributed by atoms with Gasteiger partial charge in [-0.2, -0.15) is 0 Å². The van der Waals surface area contributed by atoms with Crippen molar-refractivity contribution in [1.82, 2.24) is 0 Å². The zero-order chi connectivity index (χ0) is 23.1. The van der Waals surface area contributed by atoms with E-state index in [4.69, 9.17) is 11.5 Å². The quantitative estimate of drug-likeness (QED) is 0.200. The first-order chi connectivity index (χ1) is 16.7. The molecule has 6 rings (SSSR count). The van der Waals surface area contributed by atoms with Crippen LogP contribution in [-0.4, -0.2) is 0 Å². The van der Waals surface area contributed by atoms with Crippen LogP contribution >= 0.6 is 0 Å². The second-order valence-corrected chi connectivity index (χ2v) is 9.91. The van der Waals surface area contributed by atoms with Gasteiger partial charge in [0.1, 0.15) is 0 Å². The van der Waals surface area contributed by atoms with Gasteiger partial charge in [0, 0.05) is 24.2 Å². The summed E-state index contributed by atoms with van der Waals surface area (Å²) >= 11 is 0. The van der Waals surface area contributed by atoms with E-state index in [9.17, 15) is 0 Å². The van der Waals surface area contributed by atoms with Gasteiger partial charge >= 0.3 is 0 Å². The Morgan fingerprint density at radius 3 is 1.38 bits per heavy atom. The minimum absolute atomic E-state index is 0.971. The summed E-state index contributed by atoms with van der Waals surface area (Å²) < 4.78 is 0. The van der Waals surface area contributed by atoms with E-state index in [2.05, 4.69) is 72.8 Å². The van der Waals surface area contributed by atoms with Gasteiger partial charge in [0.2, 0.25) is 0 Å². The number of nitrogen functional groups attached to an aromatic ring is 2. The molecule has 2 heteroatoms. The molecule has 4 aromatic carbocycles. The highest BCUT2D eigenvalue weighted by Crippen LogP contribution is 2.42. The van der Waals surface area contributed by atoms with Gasteiger partial charge < -0.3 is 11.5 Å². The first kappa shape index (κ1) is 21.0. The third-order valence-electron chi connectivity index (χ3n) is 7.89. The van der Waals surface area contributed by atoms with Crippen molar-refractivity contribution in [3.8, 4) is 22.3 Å². The molecule has 0 unspecified atom stereocenters. The van der Waals surface area contributed by atoms with E-state index in [1.54, 1.807) is 0 Å². The maximum atomic E-state index is 6.61. The van der Waals surface area contributed by atoms with E-state index in [0.717, 1.165) is 37.1 Å². The molecule has 4 aromatic rings. The maximum absolute atomic E-state index is 6.61. The molecule has 0 aromatic heterocycles. The average molecular weight is 445 g/mol. The van der Waals surface area contributed by atoms with Gasteiger partial charge in [-0.05, 0) is 81.3 Å². The zero-order valence-corrected chi connectivity index (χ0v) is 19.7. The Morgan fingerprint density at radius 2 is 0.912 bits per heavy atom. The molecule has 2 aliphatic rings. The van der Waals surface area contributed by atoms with Gasteiger partial charge in [0.15, 0.2) is 0 Å². The fourth-order valence-electron chi connectivity index (χ4n) is 5.99. The minimum atomic E-state index is 0.971. The van der Waals surface area contributed by atoms with Crippen molar-refractivity contribution in [2.45, 2.75) is 51.4 Å². The van der Waals surface area contributed by atoms with Gasteiger partial charge in [-0.3, -0.25) is 0 Å². The Balaban J connectivity index is 1.02. The number of anilines is 2. The van der Waals surface area contributed by atoms with Crippen LogP contribution in [0.4, 0.5) is 11.4 Å². The molecule has 0 saturated heterocycles. The van der Waals surface area contributed by atoms with Crippen LogP contribution in [-0.2, 0) is 25.7 Å². The van der Waals surface area contributed by atoms with Crippen LogP contribution in [0.15, 0.2) is 72.8 Å². The fourth-order valence-corrected chi connectivity index (χ4v) is 5.99. The van der Waals surface area contributed by atoms with Crippen LogP contribution in [0.2, 0.25) is 0 Å². The number of nitrogens with two attached hydrogens (primary N) is 2. The highest BCUT2D eigenvalue weighted by atomic mass is 14.6. The van der Waals surface area contributed by atoms with E-state index in [1.807, 2.05) is 0 Å². The lowest BCUT2D eigenvalue weighted by atomic mass is 9.96. The third-order valence-corrected chi connectivity index (χ3v) is 7.89. The lowest BCUT2D eigenvalue weighted by Gasteiger charge is -2.12. The summed E-state index contributed by atoms with van der Waals surface area (Å²) in [4.78, 5) is 0. The topological polar surface area (TPSA) is 52.0 Å². The second-order valence-electron chi connectivity index (χ2n) is 9.91. The summed E-state index contributed by atoms with van der Waals surface area (Å²) in [6, 6.07) is 26.4. The van der Waals surface area contributed by atoms with Gasteiger partial charge in [-0.1, -0.05) is 85.6 Å². The lowest BCUT2D eigenvalue weighted by Crippen LogP contribution is -2.01. The molecule has 0 spiro atoms. The Hall–Kier alpha value is -3.52. The second kappa shape index (κ2) is 8.68. The van der Waals surface area contributed by atoms with E-state index >= 15 is 0 Å². The Kier molecular flexibility index (Phi) is 5.37. The Labute approximate surface area is 202 Å². The Bertz CT molecular complexity index is 1280. The van der Waals surface area contributed by atoms with E-state index in [1.165, 1.54) is 81.3 Å². The number of fused-ring (bicyclic) bond motifs is 6. The van der Waals surface area contributed by atoms with Crippen molar-refractivity contribution in [1.29, 1.82) is 0 Å². The van der Waals surface area contributed by atoms with Crippen molar-refractivity contribution >= 4 is 11.4 Å². The number of rotatable bonds is 7. The summed E-state index contributed by atoms with van der Waals surface area (Å²) in [5.41, 5.74) is 28.7. The van der Waals surface area contributed by atoms with Crippen LogP contribution in [0, 0.1) is 0 Å². The smallest absolute Gasteiger partial charge is 0.0388 e. The van der Waals surface area contributed by atoms with Crippen LogP contribution in [0.5, 0.6) is 0 Å². The first-order valence-electron chi connectivity index (χ1n) is 12.7. The number of hydrogen-bond acceptors (Lipinski definition) is 2. The molecule has 170 valence electrons. The predicted molar refractivity (Wildman–Crippen MR) is 144 cm³/mol. The maximum Gasteiger partial charge on any atom is 0.0388 e. The van der Waals surface area contributed by atoms with E-state index in [-0.39, 0.29) is 0 Å². The third kappa shape index (κ3) is 3.58. The Morgan fingerprint density at radius 1 is 0.471 bits per heavy atom. The zero-order valence-electron chi connectivity index (χ0n) is 19.7. The van der Waals surface area contributed by atoms with Crippen LogP contribution in [0.1, 0.15) is 59.1 Å². The molecule has 4 N–H and O–H groups in total. The summed E-state index contributed by atoms with van der Waals surface area (Å²) in [6.45, 7) is 0. The molecule has 0 heterocycles. The van der Waals surface area contributed by atoms with E-state index < -0.39 is 0 Å². The van der Waals surface area contributed by atoms with Gasteiger partial charge in [-0.15, -0.1) is 0 Å². The molecule has 0 fully saturated rings. The standard InChI is InChI=1S/C32H32N2/c33-31-21(15-17-27-25-13-7-5-11-23(25)19-29(27)31)9-3-1-2-4-10-22-16-18-28-26-14-8-6-12-24(26)20-30(28)32(22)34/h5-8,11-18H,1-4,9-10,19-20,33-34H2. The minimum Gasteiger partial charge on any atom is -0.398 e. The van der Waals surface area contributed by atoms with Crippen LogP contribution in [0.25, 0.3) is 22.3 Å². The molecule has 2 nitrogen and oxygen atoms in total. The molecule has 0 aliphatic heterocycles. The molecule has 0 radical (unpaired) electrons. The van der Waals surface area contributed by atoms with Crippen LogP contribution < -0.4 is 11.5 Å². The SMILES string of the molecule is Nc1c(CCCCCCc2ccc3c(c2N)Cc2ccccc2-3)ccc2c1Cc1ccccc1-2. The van der Waals surface area contributed by atoms with E-state index in [0.29, 0.717) is 0 Å². The van der Waals surface area contributed by atoms with Crippen molar-refractivity contribution in [3.63, 3.8) is 0 Å². The van der Waals surface area contributed by atoms with Gasteiger partial charge in [-0.25, -0.2) is 0 Å². The van der Waals surface area contributed by atoms with Crippen molar-refractivity contribution in [2.24, 2.45) is 0 Å². The highest BCUT2D eigenvalue weighted by Gasteiger charge is 2.22. The van der Waals surface area contributed by atoms with Gasteiger partial charge in [0.25, 0.3) is 0 Å². The molecule has 0 amide bonds. The summed E-state index contributed by atoms with van der Waals surface area (Å²) in [7, 11) is 0. The average Bonchev–Trinajstić information content (AvgIpc) is 3.43. The lowest BCUT2D eigenvalue weighted by molar-refractivity contribution is 0.641. The molecule has 0 atom stereocenters. The molecular weight excluding hydrogens is 412 g/mol. The number of aryl methyl sites for hydroxylation is 2. The monoisotopic (exact) mass is 444 g/mol. The predicted octanol–water partition coefficient (Wildman–Crippen LogP) is 7.34. The largest absolute Gasteiger partial charge is 0.398 e. The van der Waals surface area contributed by atoms with Crippen LogP contribution in [0.3, 0.4) is 0 Å². The molecule has 34 heavy (non-hydrogen) atoms. The van der Waals surface area contributed by atoms with Crippen molar-refractivity contribution < 1.29 is 0 Å². The summed E-state index contributed by atoms with van der Waals surface area (Å²) in [5.74, 6) is 0. The fraction of sp³-hybridized carbons (Fsp3) is 0.250. The van der Waals surface area contributed by atoms with Crippen molar-refractivity contribution in [3.05, 3.63) is 106 Å². The number of unbranched alkanes of at least 4 members (excludes halogenated alkanes) is 3. The highest BCUT2D eigenvalue weighted by molar-refractivity contribution is 5.83. The molecule has 0 bridgehead atoms. The number of hydrogen-bond donors (Lipinski definition) is 2. The molecule has 0 saturated carbocycles. The number of benzene rings is 4. The summed E-state index contributed by atoms with van der Waals surface area (Å²) in [6.07, 6.45) is 8.90. The normalized spacial score (nSPS) is 12.8. The summed E-state index contributed by atoms with van der Waals surface area (Å²) in [5, 5.41) is 0. The van der Waals surface area contributed by atoms with Crippen molar-refractivity contribution in [2.75, 3.05) is 11.5 Å². The van der Waals surface area contributed by atoms with Gasteiger partial charge in [0.05, 0.1) is 0 Å². The molecule has 2 aliphatic carbocycles.